The Hall–Kier alpha value is -1.08. The van der Waals surface area contributed by atoms with Crippen LogP contribution in [0.25, 0.3) is 0 Å². The van der Waals surface area contributed by atoms with Gasteiger partial charge in [-0.05, 0) is 26.8 Å². The molecule has 0 spiro atoms. The Morgan fingerprint density at radius 3 is 2.60 bits per heavy atom. The minimum Gasteiger partial charge on any atom is -0.330 e. The summed E-state index contributed by atoms with van der Waals surface area (Å²) in [5.74, 6) is 0.0353. The molecule has 1 heterocycles. The Kier molecular flexibility index (Phi) is 3.70. The van der Waals surface area contributed by atoms with Crippen LogP contribution in [0.1, 0.15) is 17.8 Å². The number of nitrogens with two attached hydrogens (primary N) is 1. The zero-order valence-corrected chi connectivity index (χ0v) is 9.69. The molecule has 0 unspecified atom stereocenters. The second-order valence-corrected chi connectivity index (χ2v) is 5.21. The Bertz CT molecular complexity index is 404. The highest BCUT2D eigenvalue weighted by Crippen LogP contribution is 2.17. The Morgan fingerprint density at radius 2 is 2.13 bits per heavy atom. The van der Waals surface area contributed by atoms with Crippen molar-refractivity contribution in [3.8, 4) is 0 Å². The van der Waals surface area contributed by atoms with E-state index in [1.807, 2.05) is 0 Å². The Labute approximate surface area is 89.3 Å². The van der Waals surface area contributed by atoms with Crippen molar-refractivity contribution in [2.45, 2.75) is 20.3 Å². The first-order valence-electron chi connectivity index (χ1n) is 4.68. The number of hydrogen-bond donors (Lipinski definition) is 3. The summed E-state index contributed by atoms with van der Waals surface area (Å²) in [7, 11) is -3.30. The Balaban J connectivity index is 2.77. The number of aromatic amines is 1. The smallest absolute Gasteiger partial charge is 0.232 e. The molecule has 0 amide bonds. The lowest BCUT2D eigenvalue weighted by atomic mass is 10.3. The maximum absolute atomic E-state index is 11.6. The molecule has 0 bridgehead atoms. The van der Waals surface area contributed by atoms with Crippen molar-refractivity contribution in [1.82, 2.24) is 10.2 Å². The molecule has 0 aliphatic carbocycles. The summed E-state index contributed by atoms with van der Waals surface area (Å²) >= 11 is 0. The van der Waals surface area contributed by atoms with Crippen LogP contribution in [0.2, 0.25) is 0 Å². The molecule has 4 N–H and O–H groups in total. The predicted octanol–water partition coefficient (Wildman–Crippen LogP) is 0.117. The van der Waals surface area contributed by atoms with Gasteiger partial charge in [0.25, 0.3) is 0 Å². The maximum Gasteiger partial charge on any atom is 0.232 e. The zero-order chi connectivity index (χ0) is 11.5. The van der Waals surface area contributed by atoms with Crippen molar-refractivity contribution < 1.29 is 8.42 Å². The molecule has 15 heavy (non-hydrogen) atoms. The molecule has 6 nitrogen and oxygen atoms in total. The van der Waals surface area contributed by atoms with Crippen molar-refractivity contribution in [3.05, 3.63) is 11.4 Å². The van der Waals surface area contributed by atoms with Gasteiger partial charge < -0.3 is 5.73 Å². The van der Waals surface area contributed by atoms with E-state index in [9.17, 15) is 8.42 Å². The number of sulfonamides is 1. The Morgan fingerprint density at radius 1 is 1.47 bits per heavy atom. The molecule has 0 radical (unpaired) electrons. The van der Waals surface area contributed by atoms with Gasteiger partial charge in [0.05, 0.1) is 22.8 Å². The summed E-state index contributed by atoms with van der Waals surface area (Å²) in [4.78, 5) is 0. The van der Waals surface area contributed by atoms with Gasteiger partial charge in [-0.3, -0.25) is 9.82 Å². The summed E-state index contributed by atoms with van der Waals surface area (Å²) in [6.07, 6.45) is 0.450. The molecule has 7 heteroatoms. The first-order valence-corrected chi connectivity index (χ1v) is 6.33. The number of hydrogen-bond acceptors (Lipinski definition) is 4. The van der Waals surface area contributed by atoms with E-state index in [0.29, 0.717) is 30.0 Å². The highest BCUT2D eigenvalue weighted by molar-refractivity contribution is 7.92. The third-order valence-corrected chi connectivity index (χ3v) is 3.34. The minimum absolute atomic E-state index is 0.0353. The lowest BCUT2D eigenvalue weighted by Gasteiger charge is -2.06. The van der Waals surface area contributed by atoms with Crippen LogP contribution in [0.5, 0.6) is 0 Å². The number of nitrogens with one attached hydrogen (secondary N) is 2. The standard InChI is InChI=1S/C8H16N4O2S/c1-6-8(7(2)11-10-6)12-15(13,14)5-3-4-9/h12H,3-5,9H2,1-2H3,(H,10,11). The summed E-state index contributed by atoms with van der Waals surface area (Å²) in [5, 5.41) is 6.62. The van der Waals surface area contributed by atoms with E-state index in [4.69, 9.17) is 5.73 Å². The molecule has 0 aliphatic heterocycles. The van der Waals surface area contributed by atoms with E-state index in [1.165, 1.54) is 0 Å². The van der Waals surface area contributed by atoms with Gasteiger partial charge in [0, 0.05) is 0 Å². The lowest BCUT2D eigenvalue weighted by molar-refractivity contribution is 0.598. The van der Waals surface area contributed by atoms with Gasteiger partial charge >= 0.3 is 0 Å². The monoisotopic (exact) mass is 232 g/mol. The predicted molar refractivity (Wildman–Crippen MR) is 59.1 cm³/mol. The van der Waals surface area contributed by atoms with Crippen molar-refractivity contribution in [1.29, 1.82) is 0 Å². The molecule has 0 aliphatic rings. The number of aromatic nitrogens is 2. The quantitative estimate of drug-likeness (QED) is 0.671. The van der Waals surface area contributed by atoms with Crippen LogP contribution in [0.4, 0.5) is 5.69 Å². The van der Waals surface area contributed by atoms with E-state index in [1.54, 1.807) is 13.8 Å². The molecule has 0 saturated carbocycles. The van der Waals surface area contributed by atoms with Gasteiger partial charge in [-0.2, -0.15) is 5.10 Å². The van der Waals surface area contributed by atoms with E-state index >= 15 is 0 Å². The van der Waals surface area contributed by atoms with Gasteiger partial charge in [-0.25, -0.2) is 8.42 Å². The topological polar surface area (TPSA) is 101 Å². The summed E-state index contributed by atoms with van der Waals surface area (Å²) in [5.41, 5.74) is 7.15. The fraction of sp³-hybridized carbons (Fsp3) is 0.625. The van der Waals surface area contributed by atoms with Crippen molar-refractivity contribution in [2.75, 3.05) is 17.0 Å². The van der Waals surface area contributed by atoms with Crippen LogP contribution in [0.15, 0.2) is 0 Å². The third kappa shape index (κ3) is 3.21. The van der Waals surface area contributed by atoms with Gasteiger partial charge in [0.15, 0.2) is 0 Å². The highest BCUT2D eigenvalue weighted by atomic mass is 32.2. The molecule has 0 saturated heterocycles. The molecule has 1 aromatic rings. The average Bonchev–Trinajstić information content (AvgIpc) is 2.46. The fourth-order valence-corrected chi connectivity index (χ4v) is 2.44. The summed E-state index contributed by atoms with van der Waals surface area (Å²) in [6, 6.07) is 0. The first kappa shape index (κ1) is 12.0. The molecule has 0 aromatic carbocycles. The molecule has 0 atom stereocenters. The number of aryl methyl sites for hydroxylation is 2. The van der Waals surface area contributed by atoms with Crippen LogP contribution >= 0.6 is 0 Å². The highest BCUT2D eigenvalue weighted by Gasteiger charge is 2.14. The second kappa shape index (κ2) is 4.63. The fourth-order valence-electron chi connectivity index (χ4n) is 1.18. The minimum atomic E-state index is -3.30. The number of nitrogens with zero attached hydrogens (tertiary/aromatic N) is 1. The van der Waals surface area contributed by atoms with E-state index in [0.717, 1.165) is 0 Å². The second-order valence-electron chi connectivity index (χ2n) is 3.37. The first-order chi connectivity index (χ1) is 6.96. The molecular formula is C8H16N4O2S. The van der Waals surface area contributed by atoms with Crippen LogP contribution in [0, 0.1) is 13.8 Å². The molecule has 86 valence electrons. The van der Waals surface area contributed by atoms with Crippen LogP contribution in [0.3, 0.4) is 0 Å². The van der Waals surface area contributed by atoms with Crippen LogP contribution < -0.4 is 10.5 Å². The van der Waals surface area contributed by atoms with Gasteiger partial charge in [-0.15, -0.1) is 0 Å². The van der Waals surface area contributed by atoms with Crippen molar-refractivity contribution in [2.24, 2.45) is 5.73 Å². The third-order valence-electron chi connectivity index (χ3n) is 2.00. The molecule has 1 rings (SSSR count). The maximum atomic E-state index is 11.6. The van der Waals surface area contributed by atoms with Crippen LogP contribution in [-0.2, 0) is 10.0 Å². The summed E-state index contributed by atoms with van der Waals surface area (Å²) in [6.45, 7) is 3.87. The van der Waals surface area contributed by atoms with Gasteiger partial charge in [0.1, 0.15) is 0 Å². The number of rotatable bonds is 5. The van der Waals surface area contributed by atoms with Crippen molar-refractivity contribution in [3.63, 3.8) is 0 Å². The van der Waals surface area contributed by atoms with Crippen LogP contribution in [-0.4, -0.2) is 30.9 Å². The average molecular weight is 232 g/mol. The number of H-pyrrole nitrogens is 1. The van der Waals surface area contributed by atoms with E-state index in [-0.39, 0.29) is 5.75 Å². The molecule has 1 aromatic heterocycles. The number of anilines is 1. The van der Waals surface area contributed by atoms with Gasteiger partial charge in [-0.1, -0.05) is 0 Å². The van der Waals surface area contributed by atoms with Gasteiger partial charge in [0.2, 0.25) is 10.0 Å². The molecular weight excluding hydrogens is 216 g/mol. The largest absolute Gasteiger partial charge is 0.330 e. The van der Waals surface area contributed by atoms with E-state index < -0.39 is 10.0 Å². The van der Waals surface area contributed by atoms with E-state index in [2.05, 4.69) is 14.9 Å². The molecule has 0 fully saturated rings. The lowest BCUT2D eigenvalue weighted by Crippen LogP contribution is -2.19. The zero-order valence-electron chi connectivity index (χ0n) is 8.87. The summed E-state index contributed by atoms with van der Waals surface area (Å²) < 4.78 is 25.6. The SMILES string of the molecule is Cc1n[nH]c(C)c1NS(=O)(=O)CCCN. The normalized spacial score (nSPS) is 11.7. The van der Waals surface area contributed by atoms with Crippen molar-refractivity contribution >= 4 is 15.7 Å².